The second-order valence-electron chi connectivity index (χ2n) is 5.70. The second-order valence-corrected chi connectivity index (χ2v) is 6.58. The molecule has 3 heterocycles. The Morgan fingerprint density at radius 2 is 1.95 bits per heavy atom. The minimum atomic E-state index is 0.438. The molecule has 0 aliphatic carbocycles. The van der Waals surface area contributed by atoms with E-state index in [1.807, 2.05) is 17.8 Å². The molecule has 2 atom stereocenters. The van der Waals surface area contributed by atoms with Gasteiger partial charge in [-0.3, -0.25) is 0 Å². The molecule has 0 spiro atoms. The highest BCUT2D eigenvalue weighted by Crippen LogP contribution is 2.28. The number of hydrogen-bond acceptors (Lipinski definition) is 5. The summed E-state index contributed by atoms with van der Waals surface area (Å²) in [7, 11) is 0. The van der Waals surface area contributed by atoms with Crippen LogP contribution in [0.4, 0.5) is 10.9 Å². The smallest absolute Gasteiger partial charge is 0.185 e. The van der Waals surface area contributed by atoms with Crippen molar-refractivity contribution < 1.29 is 0 Å². The van der Waals surface area contributed by atoms with E-state index in [1.54, 1.807) is 11.3 Å². The lowest BCUT2D eigenvalue weighted by molar-refractivity contribution is 0.472. The standard InChI is InChI=1S/C16H22N4S/c1-4-14-5-6-15(18-9-14)19-10-12(2)20(13(3)11-19)16-17-7-8-21-16/h5-9,12-13H,4,10-11H2,1-3H3. The monoisotopic (exact) mass is 302 g/mol. The molecule has 112 valence electrons. The van der Waals surface area contributed by atoms with E-state index in [2.05, 4.69) is 52.7 Å². The number of hydrogen-bond donors (Lipinski definition) is 0. The number of anilines is 2. The van der Waals surface area contributed by atoms with Crippen LogP contribution >= 0.6 is 11.3 Å². The van der Waals surface area contributed by atoms with Gasteiger partial charge in [0.15, 0.2) is 5.13 Å². The van der Waals surface area contributed by atoms with E-state index in [0.717, 1.165) is 30.5 Å². The van der Waals surface area contributed by atoms with Crippen molar-refractivity contribution in [3.63, 3.8) is 0 Å². The van der Waals surface area contributed by atoms with Crippen LogP contribution in [-0.4, -0.2) is 35.1 Å². The fourth-order valence-electron chi connectivity index (χ4n) is 3.04. The third-order valence-corrected chi connectivity index (χ3v) is 4.89. The van der Waals surface area contributed by atoms with Gasteiger partial charge in [0.05, 0.1) is 0 Å². The molecule has 0 N–H and O–H groups in total. The molecule has 0 saturated carbocycles. The summed E-state index contributed by atoms with van der Waals surface area (Å²) in [5.74, 6) is 1.09. The largest absolute Gasteiger partial charge is 0.353 e. The number of pyridine rings is 1. The van der Waals surface area contributed by atoms with Crippen LogP contribution in [-0.2, 0) is 6.42 Å². The molecule has 0 bridgehead atoms. The second kappa shape index (κ2) is 6.02. The van der Waals surface area contributed by atoms with Crippen molar-refractivity contribution in [3.8, 4) is 0 Å². The molecule has 1 fully saturated rings. The lowest BCUT2D eigenvalue weighted by Crippen LogP contribution is -2.57. The number of aryl methyl sites for hydroxylation is 1. The van der Waals surface area contributed by atoms with Gasteiger partial charge in [0.2, 0.25) is 0 Å². The van der Waals surface area contributed by atoms with E-state index in [-0.39, 0.29) is 0 Å². The Balaban J connectivity index is 1.76. The maximum absolute atomic E-state index is 4.62. The maximum atomic E-state index is 4.62. The zero-order chi connectivity index (χ0) is 14.8. The van der Waals surface area contributed by atoms with Gasteiger partial charge in [0.25, 0.3) is 0 Å². The predicted molar refractivity (Wildman–Crippen MR) is 89.3 cm³/mol. The van der Waals surface area contributed by atoms with Crippen molar-refractivity contribution in [2.75, 3.05) is 22.9 Å². The molecule has 4 nitrogen and oxygen atoms in total. The molecule has 0 amide bonds. The average molecular weight is 302 g/mol. The normalized spacial score (nSPS) is 22.6. The van der Waals surface area contributed by atoms with E-state index in [0.29, 0.717) is 12.1 Å². The third kappa shape index (κ3) is 2.88. The van der Waals surface area contributed by atoms with Gasteiger partial charge in [-0.05, 0) is 31.9 Å². The highest BCUT2D eigenvalue weighted by Gasteiger charge is 2.31. The van der Waals surface area contributed by atoms with Crippen LogP contribution in [0.15, 0.2) is 29.9 Å². The minimum absolute atomic E-state index is 0.438. The molecule has 2 unspecified atom stereocenters. The Bertz CT molecular complexity index is 554. The van der Waals surface area contributed by atoms with Crippen molar-refractivity contribution in [1.82, 2.24) is 9.97 Å². The number of thiazole rings is 1. The summed E-state index contributed by atoms with van der Waals surface area (Å²) in [5, 5.41) is 3.18. The van der Waals surface area contributed by atoms with Gasteiger partial charge < -0.3 is 9.80 Å². The van der Waals surface area contributed by atoms with Crippen LogP contribution in [0.2, 0.25) is 0 Å². The lowest BCUT2D eigenvalue weighted by Gasteiger charge is -2.44. The fraction of sp³-hybridized carbons (Fsp3) is 0.500. The number of rotatable bonds is 3. The Morgan fingerprint density at radius 3 is 2.48 bits per heavy atom. The van der Waals surface area contributed by atoms with Gasteiger partial charge >= 0.3 is 0 Å². The fourth-order valence-corrected chi connectivity index (χ4v) is 3.89. The van der Waals surface area contributed by atoms with E-state index >= 15 is 0 Å². The average Bonchev–Trinajstić information content (AvgIpc) is 3.00. The van der Waals surface area contributed by atoms with Crippen molar-refractivity contribution >= 4 is 22.3 Å². The zero-order valence-electron chi connectivity index (χ0n) is 12.9. The van der Waals surface area contributed by atoms with E-state index in [9.17, 15) is 0 Å². The molecular weight excluding hydrogens is 280 g/mol. The summed E-state index contributed by atoms with van der Waals surface area (Å²) in [4.78, 5) is 13.9. The first-order chi connectivity index (χ1) is 10.2. The zero-order valence-corrected chi connectivity index (χ0v) is 13.7. The van der Waals surface area contributed by atoms with Crippen LogP contribution in [0, 0.1) is 0 Å². The molecule has 1 saturated heterocycles. The van der Waals surface area contributed by atoms with Gasteiger partial charge in [0.1, 0.15) is 5.82 Å². The Labute approximate surface area is 130 Å². The summed E-state index contributed by atoms with van der Waals surface area (Å²) in [6.07, 6.45) is 4.92. The number of nitrogens with zero attached hydrogens (tertiary/aromatic N) is 4. The van der Waals surface area contributed by atoms with Crippen molar-refractivity contribution in [3.05, 3.63) is 35.5 Å². The van der Waals surface area contributed by atoms with E-state index in [4.69, 9.17) is 0 Å². The highest BCUT2D eigenvalue weighted by molar-refractivity contribution is 7.13. The number of aromatic nitrogens is 2. The van der Waals surface area contributed by atoms with Crippen molar-refractivity contribution in [1.29, 1.82) is 0 Å². The van der Waals surface area contributed by atoms with Crippen LogP contribution in [0.3, 0.4) is 0 Å². The SMILES string of the molecule is CCc1ccc(N2CC(C)N(c3nccs3)C(C)C2)nc1. The van der Waals surface area contributed by atoms with Gasteiger partial charge in [-0.15, -0.1) is 11.3 Å². The van der Waals surface area contributed by atoms with E-state index in [1.165, 1.54) is 5.56 Å². The minimum Gasteiger partial charge on any atom is -0.353 e. The lowest BCUT2D eigenvalue weighted by atomic mass is 10.1. The molecule has 2 aromatic heterocycles. The van der Waals surface area contributed by atoms with Crippen molar-refractivity contribution in [2.45, 2.75) is 39.3 Å². The molecule has 21 heavy (non-hydrogen) atoms. The Morgan fingerprint density at radius 1 is 1.19 bits per heavy atom. The summed E-state index contributed by atoms with van der Waals surface area (Å²) in [5.41, 5.74) is 1.29. The summed E-state index contributed by atoms with van der Waals surface area (Å²) < 4.78 is 0. The van der Waals surface area contributed by atoms with Gasteiger partial charge in [-0.2, -0.15) is 0 Å². The van der Waals surface area contributed by atoms with Crippen LogP contribution in [0.5, 0.6) is 0 Å². The summed E-state index contributed by atoms with van der Waals surface area (Å²) >= 11 is 1.72. The molecule has 1 aliphatic heterocycles. The molecule has 3 rings (SSSR count). The predicted octanol–water partition coefficient (Wildman–Crippen LogP) is 3.20. The topological polar surface area (TPSA) is 32.3 Å². The summed E-state index contributed by atoms with van der Waals surface area (Å²) in [6, 6.07) is 5.21. The molecular formula is C16H22N4S. The van der Waals surface area contributed by atoms with Gasteiger partial charge in [0, 0.05) is 42.9 Å². The first kappa shape index (κ1) is 14.3. The highest BCUT2D eigenvalue weighted by atomic mass is 32.1. The van der Waals surface area contributed by atoms with Crippen LogP contribution < -0.4 is 9.80 Å². The maximum Gasteiger partial charge on any atom is 0.185 e. The molecule has 5 heteroatoms. The Kier molecular flexibility index (Phi) is 4.10. The Hall–Kier alpha value is -1.62. The number of piperazine rings is 1. The van der Waals surface area contributed by atoms with Crippen LogP contribution in [0.1, 0.15) is 26.3 Å². The molecule has 1 aliphatic rings. The molecule has 2 aromatic rings. The van der Waals surface area contributed by atoms with Gasteiger partial charge in [-0.25, -0.2) is 9.97 Å². The van der Waals surface area contributed by atoms with E-state index < -0.39 is 0 Å². The summed E-state index contributed by atoms with van der Waals surface area (Å²) in [6.45, 7) is 8.67. The quantitative estimate of drug-likeness (QED) is 0.871. The van der Waals surface area contributed by atoms with Crippen LogP contribution in [0.25, 0.3) is 0 Å². The first-order valence-electron chi connectivity index (χ1n) is 7.56. The molecule has 0 radical (unpaired) electrons. The van der Waals surface area contributed by atoms with Crippen molar-refractivity contribution in [2.24, 2.45) is 0 Å². The first-order valence-corrected chi connectivity index (χ1v) is 8.44. The van der Waals surface area contributed by atoms with Gasteiger partial charge in [-0.1, -0.05) is 13.0 Å². The molecule has 0 aromatic carbocycles. The third-order valence-electron chi connectivity index (χ3n) is 4.10.